The van der Waals surface area contributed by atoms with Gasteiger partial charge >= 0.3 is 0 Å². The second kappa shape index (κ2) is 7.73. The zero-order valence-corrected chi connectivity index (χ0v) is 13.0. The van der Waals surface area contributed by atoms with Crippen molar-refractivity contribution in [1.29, 1.82) is 0 Å². The second-order valence-electron chi connectivity index (χ2n) is 5.34. The number of hydrogen-bond donors (Lipinski definition) is 0. The van der Waals surface area contributed by atoms with Crippen LogP contribution in [0.3, 0.4) is 0 Å². The molecule has 6 nitrogen and oxygen atoms in total. The number of ether oxygens (including phenoxy) is 1. The van der Waals surface area contributed by atoms with Crippen molar-refractivity contribution in [2.75, 3.05) is 26.8 Å². The molecule has 21 heavy (non-hydrogen) atoms. The van der Waals surface area contributed by atoms with Gasteiger partial charge in [-0.2, -0.15) is 0 Å². The molecule has 0 saturated carbocycles. The van der Waals surface area contributed by atoms with Crippen molar-refractivity contribution in [3.8, 4) is 0 Å². The molecule has 0 atom stereocenters. The highest BCUT2D eigenvalue weighted by molar-refractivity contribution is 5.96. The van der Waals surface area contributed by atoms with Gasteiger partial charge in [0.25, 0.3) is 11.6 Å². The fourth-order valence-electron chi connectivity index (χ4n) is 2.14. The van der Waals surface area contributed by atoms with E-state index < -0.39 is 4.92 Å². The fraction of sp³-hybridized carbons (Fsp3) is 0.533. The molecule has 1 aromatic rings. The Morgan fingerprint density at radius 1 is 1.43 bits per heavy atom. The third-order valence-electron chi connectivity index (χ3n) is 3.17. The number of hydrogen-bond acceptors (Lipinski definition) is 4. The molecule has 6 heteroatoms. The normalized spacial score (nSPS) is 10.7. The number of nitro benzene ring substituents is 1. The first-order valence-electron chi connectivity index (χ1n) is 6.90. The highest BCUT2D eigenvalue weighted by atomic mass is 16.6. The average Bonchev–Trinajstić information content (AvgIpc) is 2.42. The number of methoxy groups -OCH3 is 1. The van der Waals surface area contributed by atoms with E-state index in [0.29, 0.717) is 36.7 Å². The van der Waals surface area contributed by atoms with Gasteiger partial charge in [0.05, 0.1) is 11.5 Å². The van der Waals surface area contributed by atoms with Crippen molar-refractivity contribution in [2.45, 2.75) is 20.8 Å². The van der Waals surface area contributed by atoms with Crippen LogP contribution in [0.5, 0.6) is 0 Å². The largest absolute Gasteiger partial charge is 0.383 e. The number of benzene rings is 1. The summed E-state index contributed by atoms with van der Waals surface area (Å²) in [6, 6.07) is 4.58. The third-order valence-corrected chi connectivity index (χ3v) is 3.17. The summed E-state index contributed by atoms with van der Waals surface area (Å²) in [5.41, 5.74) is 0.747. The summed E-state index contributed by atoms with van der Waals surface area (Å²) in [7, 11) is 1.58. The third kappa shape index (κ3) is 4.53. The van der Waals surface area contributed by atoms with Crippen LogP contribution in [0.1, 0.15) is 29.8 Å². The summed E-state index contributed by atoms with van der Waals surface area (Å²) in [4.78, 5) is 24.8. The molecule has 0 radical (unpaired) electrons. The monoisotopic (exact) mass is 294 g/mol. The predicted molar refractivity (Wildman–Crippen MR) is 80.5 cm³/mol. The van der Waals surface area contributed by atoms with Crippen LogP contribution in [0.25, 0.3) is 0 Å². The van der Waals surface area contributed by atoms with E-state index in [2.05, 4.69) is 0 Å². The lowest BCUT2D eigenvalue weighted by molar-refractivity contribution is -0.385. The van der Waals surface area contributed by atoms with Crippen LogP contribution >= 0.6 is 0 Å². The minimum atomic E-state index is -0.464. The van der Waals surface area contributed by atoms with Crippen molar-refractivity contribution in [1.82, 2.24) is 4.90 Å². The molecule has 1 aromatic carbocycles. The molecule has 0 heterocycles. The average molecular weight is 294 g/mol. The molecule has 0 spiro atoms. The minimum Gasteiger partial charge on any atom is -0.383 e. The van der Waals surface area contributed by atoms with Crippen molar-refractivity contribution in [3.63, 3.8) is 0 Å². The number of nitro groups is 1. The van der Waals surface area contributed by atoms with Crippen molar-refractivity contribution < 1.29 is 14.5 Å². The molecule has 0 aromatic heterocycles. The van der Waals surface area contributed by atoms with Crippen LogP contribution in [0.2, 0.25) is 0 Å². The van der Waals surface area contributed by atoms with Crippen LogP contribution in [-0.4, -0.2) is 42.5 Å². The predicted octanol–water partition coefficient (Wildman–Crippen LogP) is 2.65. The summed E-state index contributed by atoms with van der Waals surface area (Å²) in [6.07, 6.45) is 0. The van der Waals surface area contributed by atoms with E-state index in [0.717, 1.165) is 0 Å². The molecular formula is C15H22N2O4. The van der Waals surface area contributed by atoms with E-state index in [1.165, 1.54) is 6.07 Å². The topological polar surface area (TPSA) is 72.7 Å². The number of amides is 1. The zero-order chi connectivity index (χ0) is 16.0. The van der Waals surface area contributed by atoms with Crippen LogP contribution in [0.4, 0.5) is 5.69 Å². The number of carbonyl (C=O) groups excluding carboxylic acids is 1. The Morgan fingerprint density at radius 2 is 2.10 bits per heavy atom. The molecule has 0 fully saturated rings. The second-order valence-corrected chi connectivity index (χ2v) is 5.34. The highest BCUT2D eigenvalue weighted by Gasteiger charge is 2.22. The van der Waals surface area contributed by atoms with Gasteiger partial charge in [-0.3, -0.25) is 14.9 Å². The van der Waals surface area contributed by atoms with Crippen molar-refractivity contribution in [3.05, 3.63) is 39.4 Å². The summed E-state index contributed by atoms with van der Waals surface area (Å²) in [5.74, 6) is 0.117. The van der Waals surface area contributed by atoms with Crippen LogP contribution in [0.15, 0.2) is 18.2 Å². The molecule has 1 amide bonds. The highest BCUT2D eigenvalue weighted by Crippen LogP contribution is 2.22. The molecule has 0 saturated heterocycles. The smallest absolute Gasteiger partial charge is 0.273 e. The lowest BCUT2D eigenvalue weighted by Crippen LogP contribution is -2.37. The summed E-state index contributed by atoms with van der Waals surface area (Å²) >= 11 is 0. The van der Waals surface area contributed by atoms with E-state index >= 15 is 0 Å². The van der Waals surface area contributed by atoms with Gasteiger partial charge in [-0.05, 0) is 18.9 Å². The molecule has 0 unspecified atom stereocenters. The van der Waals surface area contributed by atoms with Gasteiger partial charge in [-0.15, -0.1) is 0 Å². The first-order chi connectivity index (χ1) is 9.88. The molecule has 0 N–H and O–H groups in total. The molecule has 0 aliphatic heterocycles. The SMILES string of the molecule is COCCN(CC(C)C)C(=O)c1cccc([N+](=O)[O-])c1C. The molecule has 0 bridgehead atoms. The van der Waals surface area contributed by atoms with Gasteiger partial charge in [0.15, 0.2) is 0 Å². The molecule has 0 aliphatic rings. The summed E-state index contributed by atoms with van der Waals surface area (Å²) in [6.45, 7) is 7.14. The molecule has 1 rings (SSSR count). The first kappa shape index (κ1) is 17.1. The minimum absolute atomic E-state index is 0.0305. The van der Waals surface area contributed by atoms with Crippen molar-refractivity contribution >= 4 is 11.6 Å². The van der Waals surface area contributed by atoms with Crippen molar-refractivity contribution in [2.24, 2.45) is 5.92 Å². The number of carbonyl (C=O) groups is 1. The quantitative estimate of drug-likeness (QED) is 0.572. The Labute approximate surface area is 124 Å². The Kier molecular flexibility index (Phi) is 6.30. The van der Waals surface area contributed by atoms with Crippen LogP contribution in [-0.2, 0) is 4.74 Å². The summed E-state index contributed by atoms with van der Waals surface area (Å²) in [5, 5.41) is 11.0. The maximum Gasteiger partial charge on any atom is 0.273 e. The van der Waals surface area contributed by atoms with E-state index in [1.54, 1.807) is 31.1 Å². The van der Waals surface area contributed by atoms with E-state index in [4.69, 9.17) is 4.74 Å². The van der Waals surface area contributed by atoms with Crippen LogP contribution in [0, 0.1) is 23.0 Å². The number of nitrogens with zero attached hydrogens (tertiary/aromatic N) is 2. The summed E-state index contributed by atoms with van der Waals surface area (Å²) < 4.78 is 5.03. The van der Waals surface area contributed by atoms with Gasteiger partial charge in [-0.1, -0.05) is 19.9 Å². The Morgan fingerprint density at radius 3 is 2.62 bits per heavy atom. The van der Waals surface area contributed by atoms with Gasteiger partial charge in [-0.25, -0.2) is 0 Å². The molecular weight excluding hydrogens is 272 g/mol. The van der Waals surface area contributed by atoms with Gasteiger partial charge < -0.3 is 9.64 Å². The Hall–Kier alpha value is -1.95. The standard InChI is InChI=1S/C15H22N2O4/c1-11(2)10-16(8-9-21-4)15(18)13-6-5-7-14(12(13)3)17(19)20/h5-7,11H,8-10H2,1-4H3. The lowest BCUT2D eigenvalue weighted by atomic mass is 10.0. The Bertz CT molecular complexity index is 514. The molecule has 0 aliphatic carbocycles. The fourth-order valence-corrected chi connectivity index (χ4v) is 2.14. The van der Waals surface area contributed by atoms with Gasteiger partial charge in [0.2, 0.25) is 0 Å². The van der Waals surface area contributed by atoms with Gasteiger partial charge in [0, 0.05) is 37.4 Å². The van der Waals surface area contributed by atoms with E-state index in [9.17, 15) is 14.9 Å². The Balaban J connectivity index is 3.08. The maximum absolute atomic E-state index is 12.6. The van der Waals surface area contributed by atoms with E-state index in [-0.39, 0.29) is 11.6 Å². The van der Waals surface area contributed by atoms with E-state index in [1.807, 2.05) is 13.8 Å². The van der Waals surface area contributed by atoms with Gasteiger partial charge in [0.1, 0.15) is 0 Å². The molecule has 116 valence electrons. The lowest BCUT2D eigenvalue weighted by Gasteiger charge is -2.25. The zero-order valence-electron chi connectivity index (χ0n) is 13.0. The number of rotatable bonds is 7. The first-order valence-corrected chi connectivity index (χ1v) is 6.90. The van der Waals surface area contributed by atoms with Crippen LogP contribution < -0.4 is 0 Å². The maximum atomic E-state index is 12.6.